The Labute approximate surface area is 295 Å². The molecule has 5 aromatic carbocycles. The van der Waals surface area contributed by atoms with Crippen LogP contribution < -0.4 is 10.4 Å². The summed E-state index contributed by atoms with van der Waals surface area (Å²) < 4.78 is 6.73. The molecule has 0 fully saturated rings. The quantitative estimate of drug-likeness (QED) is 0.186. The van der Waals surface area contributed by atoms with Crippen molar-refractivity contribution in [2.45, 2.75) is 44.9 Å². The molecule has 1 nitrogen and oxygen atoms in total. The zero-order valence-corrected chi connectivity index (χ0v) is 29.0. The first-order valence-electron chi connectivity index (χ1n) is 17.7. The molecule has 2 aliphatic rings. The van der Waals surface area contributed by atoms with Crippen molar-refractivity contribution < 1.29 is 4.42 Å². The predicted octanol–water partition coefficient (Wildman–Crippen LogP) is 11.5. The highest BCUT2D eigenvalue weighted by Gasteiger charge is 2.29. The Bertz CT molecular complexity index is 2540. The Morgan fingerprint density at radius 1 is 0.720 bits per heavy atom. The van der Waals surface area contributed by atoms with Crippen LogP contribution in [0.2, 0.25) is 0 Å². The van der Waals surface area contributed by atoms with Crippen molar-refractivity contribution in [2.75, 3.05) is 0 Å². The van der Waals surface area contributed by atoms with E-state index in [-0.39, 0.29) is 5.41 Å². The van der Waals surface area contributed by atoms with Crippen LogP contribution in [0, 0.1) is 0 Å². The predicted molar refractivity (Wildman–Crippen MR) is 214 cm³/mol. The van der Waals surface area contributed by atoms with Gasteiger partial charge in [-0.2, -0.15) is 0 Å². The summed E-state index contributed by atoms with van der Waals surface area (Å²) in [4.78, 5) is 0. The molecule has 0 amide bonds. The Kier molecular flexibility index (Phi) is 8.21. The van der Waals surface area contributed by atoms with E-state index >= 15 is 0 Å². The van der Waals surface area contributed by atoms with E-state index in [1.54, 1.807) is 0 Å². The van der Waals surface area contributed by atoms with Gasteiger partial charge in [-0.05, 0) is 104 Å². The Hall–Kier alpha value is -5.66. The third-order valence-corrected chi connectivity index (χ3v) is 10.5. The summed E-state index contributed by atoms with van der Waals surface area (Å²) in [5, 5.41) is 4.69. The molecule has 0 saturated carbocycles. The maximum atomic E-state index is 6.73. The van der Waals surface area contributed by atoms with E-state index in [1.165, 1.54) is 43.8 Å². The molecule has 6 aromatic rings. The van der Waals surface area contributed by atoms with Crippen LogP contribution in [0.4, 0.5) is 0 Å². The van der Waals surface area contributed by atoms with Crippen LogP contribution in [-0.4, -0.2) is 0 Å². The van der Waals surface area contributed by atoms with Crippen molar-refractivity contribution >= 4 is 50.8 Å². The zero-order chi connectivity index (χ0) is 34.2. The summed E-state index contributed by atoms with van der Waals surface area (Å²) in [6.07, 6.45) is 17.3. The molecule has 1 heteroatoms. The highest BCUT2D eigenvalue weighted by molar-refractivity contribution is 6.08. The highest BCUT2D eigenvalue weighted by Crippen LogP contribution is 2.42. The summed E-state index contributed by atoms with van der Waals surface area (Å²) in [6.45, 7) is 13.6. The van der Waals surface area contributed by atoms with Crippen molar-refractivity contribution in [3.05, 3.63) is 196 Å². The fourth-order valence-electron chi connectivity index (χ4n) is 8.04. The van der Waals surface area contributed by atoms with E-state index in [0.29, 0.717) is 0 Å². The fourth-order valence-corrected chi connectivity index (χ4v) is 8.04. The molecule has 8 rings (SSSR count). The van der Waals surface area contributed by atoms with E-state index in [4.69, 9.17) is 11.0 Å². The third kappa shape index (κ3) is 5.63. The summed E-state index contributed by atoms with van der Waals surface area (Å²) in [5.41, 5.74) is 13.8. The van der Waals surface area contributed by atoms with Crippen LogP contribution in [0.1, 0.15) is 66.5 Å². The van der Waals surface area contributed by atoms with E-state index in [9.17, 15) is 0 Å². The summed E-state index contributed by atoms with van der Waals surface area (Å²) in [5.74, 6) is 0. The lowest BCUT2D eigenvalue weighted by Gasteiger charge is -2.29. The lowest BCUT2D eigenvalue weighted by Crippen LogP contribution is -2.30. The van der Waals surface area contributed by atoms with Gasteiger partial charge in [-0.3, -0.25) is 0 Å². The third-order valence-electron chi connectivity index (χ3n) is 10.5. The Morgan fingerprint density at radius 3 is 2.30 bits per heavy atom. The number of allylic oxidation sites excluding steroid dienone is 6. The fraction of sp³-hybridized carbons (Fsp3) is 0.143. The molecule has 0 atom stereocenters. The van der Waals surface area contributed by atoms with Gasteiger partial charge in [0.25, 0.3) is 0 Å². The smallest absolute Gasteiger partial charge is 0.142 e. The molecule has 0 spiro atoms. The van der Waals surface area contributed by atoms with Crippen LogP contribution in [0.5, 0.6) is 0 Å². The molecule has 0 bridgehead atoms. The maximum absolute atomic E-state index is 6.73. The first-order chi connectivity index (χ1) is 24.4. The van der Waals surface area contributed by atoms with Crippen LogP contribution in [0.3, 0.4) is 0 Å². The van der Waals surface area contributed by atoms with Gasteiger partial charge in [0.2, 0.25) is 0 Å². The summed E-state index contributed by atoms with van der Waals surface area (Å²) in [7, 11) is 0. The number of fused-ring (bicyclic) bond motifs is 7. The van der Waals surface area contributed by atoms with E-state index in [0.717, 1.165) is 69.9 Å². The van der Waals surface area contributed by atoms with Gasteiger partial charge in [-0.25, -0.2) is 0 Å². The topological polar surface area (TPSA) is 13.1 Å². The second-order valence-electron chi connectivity index (χ2n) is 14.2. The molecule has 0 radical (unpaired) electrons. The molecular weight excluding hydrogens is 605 g/mol. The Morgan fingerprint density at radius 2 is 1.44 bits per heavy atom. The zero-order valence-electron chi connectivity index (χ0n) is 29.0. The van der Waals surface area contributed by atoms with Crippen molar-refractivity contribution in [1.82, 2.24) is 0 Å². The van der Waals surface area contributed by atoms with Crippen molar-refractivity contribution in [3.63, 3.8) is 0 Å². The molecule has 0 unspecified atom stereocenters. The normalized spacial score (nSPS) is 17.4. The lowest BCUT2D eigenvalue weighted by atomic mass is 9.75. The van der Waals surface area contributed by atoms with E-state index < -0.39 is 0 Å². The standard InChI is InChI=1S/C49H42O/c1-5-34-18-10-12-20-38(34)33(2)39-21-8-6-7-9-22-40(42-24-14-13-23-41(39)42)37-31-45-35(30-36-19-11-16-26-46(36)49(3,4)32-37)28-29-44-43-25-15-17-27-47(43)50-48(44)45/h5,8-29,31H,1-2,6-7,30,32H2,3-4H3/b21-8?,22-9+,37-31?,41-39?,42-40+. The van der Waals surface area contributed by atoms with Crippen LogP contribution in [-0.2, 0) is 11.8 Å². The van der Waals surface area contributed by atoms with Gasteiger partial charge in [0.1, 0.15) is 11.2 Å². The van der Waals surface area contributed by atoms with Gasteiger partial charge in [0.15, 0.2) is 0 Å². The summed E-state index contributed by atoms with van der Waals surface area (Å²) >= 11 is 0. The minimum Gasteiger partial charge on any atom is -0.455 e. The van der Waals surface area contributed by atoms with Crippen LogP contribution in [0.25, 0.3) is 50.8 Å². The molecule has 244 valence electrons. The first-order valence-corrected chi connectivity index (χ1v) is 17.7. The van der Waals surface area contributed by atoms with Gasteiger partial charge in [0.05, 0.1) is 0 Å². The first kappa shape index (κ1) is 31.6. The minimum absolute atomic E-state index is 0.124. The molecule has 0 saturated heterocycles. The van der Waals surface area contributed by atoms with Crippen molar-refractivity contribution in [2.24, 2.45) is 0 Å². The number of rotatable bonds is 4. The second kappa shape index (κ2) is 13.0. The minimum atomic E-state index is -0.124. The van der Waals surface area contributed by atoms with Crippen LogP contribution in [0.15, 0.2) is 157 Å². The van der Waals surface area contributed by atoms with Crippen LogP contribution >= 0.6 is 0 Å². The van der Waals surface area contributed by atoms with Gasteiger partial charge < -0.3 is 4.42 Å². The van der Waals surface area contributed by atoms with Gasteiger partial charge >= 0.3 is 0 Å². The average Bonchev–Trinajstić information content (AvgIpc) is 3.54. The highest BCUT2D eigenvalue weighted by atomic mass is 16.3. The molecule has 1 aromatic heterocycles. The van der Waals surface area contributed by atoms with Gasteiger partial charge in [-0.1, -0.05) is 161 Å². The molecule has 0 aliphatic heterocycles. The van der Waals surface area contributed by atoms with Crippen molar-refractivity contribution in [1.29, 1.82) is 0 Å². The average molecular weight is 647 g/mol. The number of para-hydroxylation sites is 1. The second-order valence-corrected chi connectivity index (χ2v) is 14.2. The maximum Gasteiger partial charge on any atom is 0.142 e. The molecule has 1 heterocycles. The number of furan rings is 1. The number of hydrogen-bond acceptors (Lipinski definition) is 1. The molecular formula is C49H42O. The molecule has 0 N–H and O–H groups in total. The van der Waals surface area contributed by atoms with Crippen molar-refractivity contribution in [3.8, 4) is 0 Å². The largest absolute Gasteiger partial charge is 0.455 e. The summed E-state index contributed by atoms with van der Waals surface area (Å²) in [6, 6.07) is 39.3. The SMILES string of the molecule is C=Cc1ccccc1C(=C)C1=c2cccc/c2=C(C2=Cc3c(ccc4c3oc3ccccc34)Cc3ccccc3C(C)(C)C2)/C=C/CCC=C1. The van der Waals surface area contributed by atoms with Gasteiger partial charge in [0, 0.05) is 16.3 Å². The van der Waals surface area contributed by atoms with E-state index in [1.807, 2.05) is 6.08 Å². The number of hydrogen-bond donors (Lipinski definition) is 0. The van der Waals surface area contributed by atoms with E-state index in [2.05, 4.69) is 160 Å². The number of benzene rings is 5. The molecule has 50 heavy (non-hydrogen) atoms. The Balaban J connectivity index is 1.48. The lowest BCUT2D eigenvalue weighted by molar-refractivity contribution is 0.523. The van der Waals surface area contributed by atoms with Gasteiger partial charge in [-0.15, -0.1) is 0 Å². The molecule has 2 aliphatic carbocycles. The monoisotopic (exact) mass is 646 g/mol.